The average molecular weight is 392 g/mol. The van der Waals surface area contributed by atoms with Crippen molar-refractivity contribution in [3.63, 3.8) is 0 Å². The van der Waals surface area contributed by atoms with Crippen LogP contribution in [0.4, 0.5) is 13.2 Å². The summed E-state index contributed by atoms with van der Waals surface area (Å²) in [4.78, 5) is 0. The van der Waals surface area contributed by atoms with Gasteiger partial charge < -0.3 is 28.8 Å². The molecule has 3 aliphatic rings. The molecule has 0 aromatic heterocycles. The summed E-state index contributed by atoms with van der Waals surface area (Å²) in [5, 5.41) is 10.1. The first-order chi connectivity index (χ1) is 11.1. The number of rotatable bonds is 2. The highest BCUT2D eigenvalue weighted by molar-refractivity contribution is 7.92. The van der Waals surface area contributed by atoms with Crippen molar-refractivity contribution < 1.29 is 50.4 Å². The van der Waals surface area contributed by atoms with Gasteiger partial charge in [0.2, 0.25) is 11.2 Å². The summed E-state index contributed by atoms with van der Waals surface area (Å²) in [5.41, 5.74) is -8.76. The molecule has 0 saturated carbocycles. The van der Waals surface area contributed by atoms with Crippen molar-refractivity contribution in [3.8, 4) is 0 Å². The third-order valence-electron chi connectivity index (χ3n) is 4.17. The minimum absolute atomic E-state index is 0.339. The molecule has 0 aromatic carbocycles. The Kier molecular flexibility index (Phi) is 4.06. The Morgan fingerprint density at radius 3 is 2.24 bits per heavy atom. The smallest absolute Gasteiger partial charge is 0.372 e. The first kappa shape index (κ1) is 19.3. The van der Waals surface area contributed by atoms with Gasteiger partial charge in [-0.1, -0.05) is 0 Å². The number of fused-ring (bicyclic) bond motifs is 3. The normalized spacial score (nSPS) is 41.2. The van der Waals surface area contributed by atoms with E-state index in [1.165, 1.54) is 13.8 Å². The van der Waals surface area contributed by atoms with E-state index in [-0.39, 0.29) is 6.61 Å². The van der Waals surface area contributed by atoms with Crippen molar-refractivity contribution in [1.29, 1.82) is 0 Å². The van der Waals surface area contributed by atoms with Crippen LogP contribution in [0.3, 0.4) is 0 Å². The fourth-order valence-corrected chi connectivity index (χ4v) is 4.26. The van der Waals surface area contributed by atoms with Gasteiger partial charge in [-0.15, -0.1) is 0 Å². The number of aliphatic hydroxyl groups is 1. The van der Waals surface area contributed by atoms with E-state index in [1.807, 2.05) is 0 Å². The van der Waals surface area contributed by atoms with Gasteiger partial charge in [0.15, 0.2) is 11.6 Å². The van der Waals surface area contributed by atoms with E-state index in [2.05, 4.69) is 0 Å². The van der Waals surface area contributed by atoms with Gasteiger partial charge in [-0.25, -0.2) is 8.42 Å². The Hall–Kier alpha value is -0.500. The minimum Gasteiger partial charge on any atom is -0.372 e. The molecule has 5 atom stereocenters. The summed E-state index contributed by atoms with van der Waals surface area (Å²) < 4.78 is 89.7. The molecule has 2 unspecified atom stereocenters. The van der Waals surface area contributed by atoms with Crippen molar-refractivity contribution >= 4 is 9.84 Å². The molecule has 12 heteroatoms. The number of aliphatic hydroxyl groups excluding tert-OH is 1. The van der Waals surface area contributed by atoms with Gasteiger partial charge in [-0.3, -0.25) is 0 Å². The molecule has 3 rings (SSSR count). The molecule has 3 aliphatic heterocycles. The van der Waals surface area contributed by atoms with E-state index in [4.69, 9.17) is 23.7 Å². The second-order valence-corrected chi connectivity index (χ2v) is 9.05. The minimum atomic E-state index is -6.02. The molecular formula is C13H19F3O8S. The van der Waals surface area contributed by atoms with Gasteiger partial charge in [0, 0.05) is 0 Å². The molecule has 0 spiro atoms. The Morgan fingerprint density at radius 1 is 1.08 bits per heavy atom. The average Bonchev–Trinajstić information content (AvgIpc) is 2.88. The third kappa shape index (κ3) is 2.87. The van der Waals surface area contributed by atoms with Crippen molar-refractivity contribution in [2.24, 2.45) is 0 Å². The van der Waals surface area contributed by atoms with Gasteiger partial charge in [0.05, 0.1) is 6.61 Å². The summed E-state index contributed by atoms with van der Waals surface area (Å²) in [6, 6.07) is 0. The van der Waals surface area contributed by atoms with Gasteiger partial charge in [-0.2, -0.15) is 13.2 Å². The largest absolute Gasteiger partial charge is 0.500 e. The highest BCUT2D eigenvalue weighted by atomic mass is 32.2. The second kappa shape index (κ2) is 5.27. The molecule has 0 bridgehead atoms. The van der Waals surface area contributed by atoms with Crippen molar-refractivity contribution in [2.75, 3.05) is 6.61 Å². The monoisotopic (exact) mass is 392 g/mol. The number of sulfone groups is 1. The molecule has 0 amide bonds. The number of hydrogen-bond donors (Lipinski definition) is 1. The van der Waals surface area contributed by atoms with Crippen LogP contribution in [-0.2, 0) is 33.5 Å². The van der Waals surface area contributed by atoms with Crippen molar-refractivity contribution in [1.82, 2.24) is 0 Å². The third-order valence-corrected chi connectivity index (χ3v) is 5.73. The van der Waals surface area contributed by atoms with Crippen LogP contribution < -0.4 is 0 Å². The summed E-state index contributed by atoms with van der Waals surface area (Å²) in [6.07, 6.45) is -3.15. The topological polar surface area (TPSA) is 101 Å². The molecule has 3 fully saturated rings. The van der Waals surface area contributed by atoms with Crippen molar-refractivity contribution in [3.05, 3.63) is 0 Å². The van der Waals surface area contributed by atoms with Crippen LogP contribution in [0.1, 0.15) is 27.7 Å². The lowest BCUT2D eigenvalue weighted by Gasteiger charge is -2.42. The molecule has 3 saturated heterocycles. The lowest BCUT2D eigenvalue weighted by Crippen LogP contribution is -2.66. The van der Waals surface area contributed by atoms with Crippen LogP contribution in [0.15, 0.2) is 0 Å². The van der Waals surface area contributed by atoms with Gasteiger partial charge in [0.25, 0.3) is 9.84 Å². The fourth-order valence-electron chi connectivity index (χ4n) is 3.33. The number of alkyl halides is 3. The maximum Gasteiger partial charge on any atom is 0.500 e. The van der Waals surface area contributed by atoms with E-state index in [1.54, 1.807) is 13.8 Å². The maximum absolute atomic E-state index is 12.9. The first-order valence-electron chi connectivity index (χ1n) is 7.47. The van der Waals surface area contributed by atoms with Gasteiger partial charge >= 0.3 is 5.51 Å². The predicted molar refractivity (Wildman–Crippen MR) is 73.5 cm³/mol. The summed E-state index contributed by atoms with van der Waals surface area (Å²) in [7, 11) is -6.02. The van der Waals surface area contributed by atoms with E-state index < -0.39 is 56.5 Å². The molecule has 0 aliphatic carbocycles. The number of hydrogen-bond acceptors (Lipinski definition) is 8. The Balaban J connectivity index is 2.04. The lowest BCUT2D eigenvalue weighted by molar-refractivity contribution is -0.304. The van der Waals surface area contributed by atoms with E-state index in [0.29, 0.717) is 0 Å². The highest BCUT2D eigenvalue weighted by Gasteiger charge is 2.72. The van der Waals surface area contributed by atoms with Crippen LogP contribution in [0, 0.1) is 0 Å². The Labute approximate surface area is 142 Å². The SMILES string of the molecule is CC1(C)O[C@@H]2[C@@H](COC3(C(O)S(=O)(=O)C(F)(F)F)OC(C)(C)O[C@@H]23)O1. The zero-order valence-corrected chi connectivity index (χ0v) is 14.7. The molecule has 1 N–H and O–H groups in total. The zero-order valence-electron chi connectivity index (χ0n) is 13.9. The number of ether oxygens (including phenoxy) is 5. The second-order valence-electron chi connectivity index (χ2n) is 7.05. The molecule has 0 aromatic rings. The number of halogens is 3. The molecule has 3 heterocycles. The molecule has 8 nitrogen and oxygen atoms in total. The summed E-state index contributed by atoms with van der Waals surface area (Å²) in [5.74, 6) is -5.20. The fraction of sp³-hybridized carbons (Fsp3) is 1.00. The molecular weight excluding hydrogens is 373 g/mol. The van der Waals surface area contributed by atoms with Crippen LogP contribution in [0.2, 0.25) is 0 Å². The maximum atomic E-state index is 12.9. The Morgan fingerprint density at radius 2 is 1.68 bits per heavy atom. The first-order valence-corrected chi connectivity index (χ1v) is 9.02. The van der Waals surface area contributed by atoms with E-state index in [9.17, 15) is 26.7 Å². The van der Waals surface area contributed by atoms with Crippen LogP contribution >= 0.6 is 0 Å². The lowest BCUT2D eigenvalue weighted by atomic mass is 9.97. The van der Waals surface area contributed by atoms with Gasteiger partial charge in [-0.05, 0) is 27.7 Å². The van der Waals surface area contributed by atoms with E-state index in [0.717, 1.165) is 0 Å². The zero-order chi connectivity index (χ0) is 19.1. The highest BCUT2D eigenvalue weighted by Crippen LogP contribution is 2.50. The predicted octanol–water partition coefficient (Wildman–Crippen LogP) is 0.637. The quantitative estimate of drug-likeness (QED) is 0.731. The van der Waals surface area contributed by atoms with Crippen molar-refractivity contribution in [2.45, 2.75) is 74.3 Å². The standard InChI is InChI=1S/C13H19F3O8S/c1-10(2)21-6-5-20-12(9(17)25(18,19)13(14,15)16)8(7(6)22-10)23-11(3,4)24-12/h6-9,17H,5H2,1-4H3/t6-,7-,8+,9?,12?/m1/s1. The van der Waals surface area contributed by atoms with E-state index >= 15 is 0 Å². The summed E-state index contributed by atoms with van der Waals surface area (Å²) >= 11 is 0. The molecule has 146 valence electrons. The van der Waals surface area contributed by atoms with Gasteiger partial charge in [0.1, 0.15) is 18.3 Å². The Bertz CT molecular complexity index is 661. The van der Waals surface area contributed by atoms with Crippen LogP contribution in [0.5, 0.6) is 0 Å². The van der Waals surface area contributed by atoms with Crippen LogP contribution in [-0.4, -0.2) is 66.7 Å². The summed E-state index contributed by atoms with van der Waals surface area (Å²) in [6.45, 7) is 5.54. The molecule has 25 heavy (non-hydrogen) atoms. The van der Waals surface area contributed by atoms with Crippen LogP contribution in [0.25, 0.3) is 0 Å². The molecule has 0 radical (unpaired) electrons.